The Morgan fingerprint density at radius 1 is 0.943 bits per heavy atom. The standard InChI is InChI=1S/C32H36F2O/c1-3-5-7-24-11-15-29-22-28(17-16-27(29)21-24)25-12-8-23(9-13-25)10-14-26-18-19-30(32(34)31(26)33)35-20-6-4-2/h3-4,6,8-9,12-13,18-19,24,27-29H,1,5,7,11,15-17,20-22H2,2H3/b6-4+. The molecule has 2 aliphatic rings. The zero-order chi connectivity index (χ0) is 24.6. The van der Waals surface area contributed by atoms with Gasteiger partial charge in [0, 0.05) is 5.56 Å². The van der Waals surface area contributed by atoms with Gasteiger partial charge in [0.25, 0.3) is 0 Å². The van der Waals surface area contributed by atoms with E-state index >= 15 is 0 Å². The van der Waals surface area contributed by atoms with Crippen molar-refractivity contribution in [2.24, 2.45) is 17.8 Å². The molecule has 2 saturated carbocycles. The molecule has 2 aromatic rings. The summed E-state index contributed by atoms with van der Waals surface area (Å²) in [5.41, 5.74) is 2.22. The molecule has 0 heterocycles. The van der Waals surface area contributed by atoms with E-state index in [4.69, 9.17) is 4.74 Å². The van der Waals surface area contributed by atoms with E-state index in [-0.39, 0.29) is 17.9 Å². The Kier molecular flexibility index (Phi) is 8.80. The molecule has 2 aliphatic carbocycles. The summed E-state index contributed by atoms with van der Waals surface area (Å²) in [7, 11) is 0. The first kappa shape index (κ1) is 25.2. The Hall–Kier alpha value is -2.86. The summed E-state index contributed by atoms with van der Waals surface area (Å²) in [5, 5.41) is 0. The molecule has 0 radical (unpaired) electrons. The van der Waals surface area contributed by atoms with Gasteiger partial charge in [-0.2, -0.15) is 4.39 Å². The second-order valence-electron chi connectivity index (χ2n) is 10.1. The van der Waals surface area contributed by atoms with Crippen LogP contribution in [0.2, 0.25) is 0 Å². The fourth-order valence-corrected chi connectivity index (χ4v) is 5.86. The van der Waals surface area contributed by atoms with Crippen LogP contribution in [-0.4, -0.2) is 6.61 Å². The Morgan fingerprint density at radius 3 is 2.49 bits per heavy atom. The minimum Gasteiger partial charge on any atom is -0.486 e. The molecule has 2 aromatic carbocycles. The minimum atomic E-state index is -0.998. The molecule has 0 N–H and O–H groups in total. The lowest BCUT2D eigenvalue weighted by atomic mass is 9.63. The van der Waals surface area contributed by atoms with Gasteiger partial charge in [0.2, 0.25) is 5.82 Å². The van der Waals surface area contributed by atoms with Crippen LogP contribution in [0.3, 0.4) is 0 Å². The summed E-state index contributed by atoms with van der Waals surface area (Å²) in [5.74, 6) is 6.96. The average Bonchev–Trinajstić information content (AvgIpc) is 2.89. The van der Waals surface area contributed by atoms with Crippen LogP contribution in [0.15, 0.2) is 61.2 Å². The van der Waals surface area contributed by atoms with Crippen LogP contribution in [-0.2, 0) is 0 Å². The summed E-state index contributed by atoms with van der Waals surface area (Å²) >= 11 is 0. The highest BCUT2D eigenvalue weighted by Crippen LogP contribution is 2.48. The number of hydrogen-bond acceptors (Lipinski definition) is 1. The van der Waals surface area contributed by atoms with Gasteiger partial charge in [-0.25, -0.2) is 4.39 Å². The molecule has 2 fully saturated rings. The molecule has 3 heteroatoms. The molecule has 0 bridgehead atoms. The molecule has 35 heavy (non-hydrogen) atoms. The van der Waals surface area contributed by atoms with Crippen LogP contribution in [0.1, 0.15) is 80.9 Å². The SMILES string of the molecule is C=CCCC1CCC2CC(c3ccc(C#Cc4ccc(OC/C=C/C)c(F)c4F)cc3)CCC2C1. The van der Waals surface area contributed by atoms with Gasteiger partial charge in [0.15, 0.2) is 11.6 Å². The van der Waals surface area contributed by atoms with Crippen molar-refractivity contribution in [3.8, 4) is 17.6 Å². The first-order valence-corrected chi connectivity index (χ1v) is 13.0. The zero-order valence-electron chi connectivity index (χ0n) is 20.7. The van der Waals surface area contributed by atoms with Crippen molar-refractivity contribution in [1.82, 2.24) is 0 Å². The lowest BCUT2D eigenvalue weighted by molar-refractivity contribution is 0.115. The molecule has 4 atom stereocenters. The molecule has 1 nitrogen and oxygen atoms in total. The van der Waals surface area contributed by atoms with Crippen LogP contribution in [0, 0.1) is 41.2 Å². The first-order valence-electron chi connectivity index (χ1n) is 13.0. The number of hydrogen-bond donors (Lipinski definition) is 0. The molecule has 184 valence electrons. The van der Waals surface area contributed by atoms with Crippen molar-refractivity contribution in [2.45, 2.75) is 64.2 Å². The largest absolute Gasteiger partial charge is 0.486 e. The second-order valence-corrected chi connectivity index (χ2v) is 10.1. The maximum atomic E-state index is 14.4. The first-order chi connectivity index (χ1) is 17.1. The third kappa shape index (κ3) is 6.43. The van der Waals surface area contributed by atoms with Crippen molar-refractivity contribution in [2.75, 3.05) is 6.61 Å². The zero-order valence-corrected chi connectivity index (χ0v) is 20.7. The van der Waals surface area contributed by atoms with E-state index < -0.39 is 11.6 Å². The maximum absolute atomic E-state index is 14.4. The third-order valence-electron chi connectivity index (χ3n) is 7.84. The summed E-state index contributed by atoms with van der Waals surface area (Å²) in [4.78, 5) is 0. The molecule has 0 saturated heterocycles. The van der Waals surface area contributed by atoms with E-state index in [2.05, 4.69) is 36.6 Å². The van der Waals surface area contributed by atoms with Gasteiger partial charge < -0.3 is 4.74 Å². The van der Waals surface area contributed by atoms with E-state index in [1.807, 2.05) is 19.1 Å². The smallest absolute Gasteiger partial charge is 0.201 e. The fraction of sp³-hybridized carbons (Fsp3) is 0.438. The van der Waals surface area contributed by atoms with Gasteiger partial charge in [0.1, 0.15) is 6.61 Å². The molecular weight excluding hydrogens is 438 g/mol. The number of fused-ring (bicyclic) bond motifs is 1. The predicted octanol–water partition coefficient (Wildman–Crippen LogP) is 8.59. The van der Waals surface area contributed by atoms with E-state index in [1.54, 1.807) is 12.2 Å². The second kappa shape index (κ2) is 12.2. The number of benzene rings is 2. The van der Waals surface area contributed by atoms with E-state index in [9.17, 15) is 8.78 Å². The van der Waals surface area contributed by atoms with E-state index in [1.165, 1.54) is 62.6 Å². The minimum absolute atomic E-state index is 0.0342. The Balaban J connectivity index is 1.36. The van der Waals surface area contributed by atoms with Crippen LogP contribution in [0.5, 0.6) is 5.75 Å². The van der Waals surface area contributed by atoms with Gasteiger partial charge in [-0.05, 0) is 105 Å². The van der Waals surface area contributed by atoms with Crippen molar-refractivity contribution in [3.63, 3.8) is 0 Å². The van der Waals surface area contributed by atoms with Gasteiger partial charge >= 0.3 is 0 Å². The Labute approximate surface area is 209 Å². The number of halogens is 2. The van der Waals surface area contributed by atoms with Gasteiger partial charge in [-0.1, -0.05) is 48.6 Å². The highest BCUT2D eigenvalue weighted by atomic mass is 19.2. The lowest BCUT2D eigenvalue weighted by Gasteiger charge is -2.42. The molecule has 0 aliphatic heterocycles. The topological polar surface area (TPSA) is 9.23 Å². The van der Waals surface area contributed by atoms with Crippen LogP contribution in [0.25, 0.3) is 0 Å². The average molecular weight is 475 g/mol. The highest BCUT2D eigenvalue weighted by molar-refractivity contribution is 5.46. The molecular formula is C32H36F2O. The van der Waals surface area contributed by atoms with Gasteiger partial charge in [0.05, 0.1) is 5.56 Å². The van der Waals surface area contributed by atoms with Crippen molar-refractivity contribution < 1.29 is 13.5 Å². The summed E-state index contributed by atoms with van der Waals surface area (Å²) in [6, 6.07) is 11.2. The maximum Gasteiger partial charge on any atom is 0.201 e. The molecule has 4 rings (SSSR count). The summed E-state index contributed by atoms with van der Waals surface area (Å²) in [6.07, 6.45) is 16.1. The van der Waals surface area contributed by atoms with Gasteiger partial charge in [-0.3, -0.25) is 0 Å². The number of ether oxygens (including phenoxy) is 1. The van der Waals surface area contributed by atoms with Crippen LogP contribution in [0.4, 0.5) is 8.78 Å². The van der Waals surface area contributed by atoms with E-state index in [0.717, 1.165) is 29.7 Å². The van der Waals surface area contributed by atoms with Gasteiger partial charge in [-0.15, -0.1) is 6.58 Å². The lowest BCUT2D eigenvalue weighted by Crippen LogP contribution is -2.30. The summed E-state index contributed by atoms with van der Waals surface area (Å²) in [6.45, 7) is 5.92. The molecule has 0 aromatic heterocycles. The predicted molar refractivity (Wildman–Crippen MR) is 139 cm³/mol. The van der Waals surface area contributed by atoms with Crippen LogP contribution < -0.4 is 4.74 Å². The fourth-order valence-electron chi connectivity index (χ4n) is 5.86. The van der Waals surface area contributed by atoms with Crippen molar-refractivity contribution >= 4 is 0 Å². The van der Waals surface area contributed by atoms with E-state index in [0.29, 0.717) is 5.92 Å². The summed E-state index contributed by atoms with van der Waals surface area (Å²) < 4.78 is 33.9. The molecule has 0 spiro atoms. The molecule has 4 unspecified atom stereocenters. The monoisotopic (exact) mass is 474 g/mol. The third-order valence-corrected chi connectivity index (χ3v) is 7.84. The number of allylic oxidation sites excluding steroid dienone is 2. The van der Waals surface area contributed by atoms with Crippen LogP contribution >= 0.6 is 0 Å². The Bertz CT molecular complexity index is 1090. The molecule has 0 amide bonds. The quantitative estimate of drug-likeness (QED) is 0.288. The Morgan fingerprint density at radius 2 is 1.71 bits per heavy atom. The number of rotatable bonds is 7. The normalized spacial score (nSPS) is 23.9. The van der Waals surface area contributed by atoms with Crippen molar-refractivity contribution in [3.05, 3.63) is 89.5 Å². The highest BCUT2D eigenvalue weighted by Gasteiger charge is 2.35. The van der Waals surface area contributed by atoms with Crippen molar-refractivity contribution in [1.29, 1.82) is 0 Å².